The number of nitrogens with zero attached hydrogens (tertiary/aromatic N) is 3. The van der Waals surface area contributed by atoms with Crippen LogP contribution in [0.4, 0.5) is 5.69 Å². The van der Waals surface area contributed by atoms with Gasteiger partial charge in [0, 0.05) is 0 Å². The molecule has 0 atom stereocenters. The van der Waals surface area contributed by atoms with E-state index in [4.69, 9.17) is 27.3 Å². The average molecular weight is 247 g/mol. The molecule has 17 heavy (non-hydrogen) atoms. The summed E-state index contributed by atoms with van der Waals surface area (Å²) in [6.45, 7) is 0. The van der Waals surface area contributed by atoms with E-state index in [1.807, 2.05) is 6.07 Å². The third-order valence-corrected chi connectivity index (χ3v) is 2.30. The Morgan fingerprint density at radius 1 is 1.24 bits per heavy atom. The molecule has 0 aliphatic rings. The van der Waals surface area contributed by atoms with Gasteiger partial charge in [-0.15, -0.1) is 0 Å². The van der Waals surface area contributed by atoms with Gasteiger partial charge in [0.15, 0.2) is 5.15 Å². The highest BCUT2D eigenvalue weighted by Gasteiger charge is 2.08. The molecule has 0 aliphatic carbocycles. The lowest BCUT2D eigenvalue weighted by Crippen LogP contribution is -1.97. The van der Waals surface area contributed by atoms with E-state index in [2.05, 4.69) is 9.97 Å². The summed E-state index contributed by atoms with van der Waals surface area (Å²) in [6.07, 6.45) is 1.26. The molecule has 0 amide bonds. The summed E-state index contributed by atoms with van der Waals surface area (Å²) in [5.41, 5.74) is 6.38. The van der Waals surface area contributed by atoms with E-state index in [9.17, 15) is 0 Å². The number of nitriles is 1. The van der Waals surface area contributed by atoms with Crippen molar-refractivity contribution in [3.8, 4) is 17.7 Å². The van der Waals surface area contributed by atoms with E-state index >= 15 is 0 Å². The maximum Gasteiger partial charge on any atom is 0.247 e. The Bertz CT molecular complexity index is 577. The van der Waals surface area contributed by atoms with Crippen LogP contribution in [0.15, 0.2) is 30.6 Å². The number of aromatic nitrogens is 2. The lowest BCUT2D eigenvalue weighted by atomic mass is 10.2. The SMILES string of the molecule is N#Cc1ccc(Oc2ncnc(Cl)c2N)cc1. The molecule has 5 nitrogen and oxygen atoms in total. The fraction of sp³-hybridized carbons (Fsp3) is 0. The van der Waals surface area contributed by atoms with Crippen LogP contribution in [0.3, 0.4) is 0 Å². The second-order valence-corrected chi connectivity index (χ2v) is 3.48. The lowest BCUT2D eigenvalue weighted by Gasteiger charge is -2.07. The van der Waals surface area contributed by atoms with Crippen molar-refractivity contribution in [2.45, 2.75) is 0 Å². The second kappa shape index (κ2) is 4.68. The minimum atomic E-state index is 0.142. The predicted molar refractivity (Wildman–Crippen MR) is 62.7 cm³/mol. The molecular formula is C11H7ClN4O. The third-order valence-electron chi connectivity index (χ3n) is 2.00. The molecule has 0 aliphatic heterocycles. The van der Waals surface area contributed by atoms with Crippen molar-refractivity contribution in [2.24, 2.45) is 0 Å². The number of hydrogen-bond donors (Lipinski definition) is 1. The largest absolute Gasteiger partial charge is 0.437 e. The van der Waals surface area contributed by atoms with Crippen LogP contribution in [0.25, 0.3) is 0 Å². The summed E-state index contributed by atoms with van der Waals surface area (Å²) < 4.78 is 5.42. The zero-order valence-electron chi connectivity index (χ0n) is 8.59. The third kappa shape index (κ3) is 2.44. The Kier molecular flexibility index (Phi) is 3.08. The smallest absolute Gasteiger partial charge is 0.247 e. The van der Waals surface area contributed by atoms with Gasteiger partial charge in [-0.1, -0.05) is 11.6 Å². The van der Waals surface area contributed by atoms with Gasteiger partial charge in [0.1, 0.15) is 17.8 Å². The molecule has 0 saturated heterocycles. The van der Waals surface area contributed by atoms with Crippen molar-refractivity contribution in [3.63, 3.8) is 0 Å². The van der Waals surface area contributed by atoms with E-state index in [0.717, 1.165) is 0 Å². The lowest BCUT2D eigenvalue weighted by molar-refractivity contribution is 0.464. The monoisotopic (exact) mass is 246 g/mol. The number of halogens is 1. The van der Waals surface area contributed by atoms with Crippen molar-refractivity contribution in [1.29, 1.82) is 5.26 Å². The Labute approximate surface area is 102 Å². The van der Waals surface area contributed by atoms with Gasteiger partial charge in [-0.25, -0.2) is 4.98 Å². The van der Waals surface area contributed by atoms with E-state index in [1.54, 1.807) is 24.3 Å². The van der Waals surface area contributed by atoms with Crippen LogP contribution in [0.1, 0.15) is 5.56 Å². The fourth-order valence-corrected chi connectivity index (χ4v) is 1.27. The second-order valence-electron chi connectivity index (χ2n) is 3.12. The molecule has 0 spiro atoms. The molecule has 1 aromatic heterocycles. The maximum absolute atomic E-state index is 8.65. The first kappa shape index (κ1) is 11.2. The summed E-state index contributed by atoms with van der Waals surface area (Å²) >= 11 is 5.73. The van der Waals surface area contributed by atoms with Gasteiger partial charge in [-0.3, -0.25) is 0 Å². The van der Waals surface area contributed by atoms with Crippen LogP contribution >= 0.6 is 11.6 Å². The van der Waals surface area contributed by atoms with Crippen LogP contribution in [0.5, 0.6) is 11.6 Å². The first-order chi connectivity index (χ1) is 8.20. The van der Waals surface area contributed by atoms with Gasteiger partial charge in [-0.05, 0) is 24.3 Å². The van der Waals surface area contributed by atoms with Crippen molar-refractivity contribution in [3.05, 3.63) is 41.3 Å². The number of ether oxygens (including phenoxy) is 1. The normalized spacial score (nSPS) is 9.65. The molecule has 0 saturated carbocycles. The van der Waals surface area contributed by atoms with Crippen LogP contribution < -0.4 is 10.5 Å². The highest BCUT2D eigenvalue weighted by atomic mass is 35.5. The predicted octanol–water partition coefficient (Wildman–Crippen LogP) is 2.38. The first-order valence-electron chi connectivity index (χ1n) is 4.64. The number of benzene rings is 1. The summed E-state index contributed by atoms with van der Waals surface area (Å²) in [5.74, 6) is 0.708. The standard InChI is InChI=1S/C11H7ClN4O/c12-10-9(14)11(16-6-15-10)17-8-3-1-7(5-13)2-4-8/h1-4,6H,14H2. The van der Waals surface area contributed by atoms with Crippen molar-refractivity contribution >= 4 is 17.3 Å². The van der Waals surface area contributed by atoms with Gasteiger partial charge in [0.2, 0.25) is 5.88 Å². The van der Waals surface area contributed by atoms with E-state index in [0.29, 0.717) is 11.3 Å². The van der Waals surface area contributed by atoms with E-state index in [-0.39, 0.29) is 16.7 Å². The van der Waals surface area contributed by atoms with Gasteiger partial charge in [0.05, 0.1) is 11.6 Å². The highest BCUT2D eigenvalue weighted by molar-refractivity contribution is 6.32. The van der Waals surface area contributed by atoms with E-state index in [1.165, 1.54) is 6.33 Å². The zero-order valence-corrected chi connectivity index (χ0v) is 9.35. The minimum Gasteiger partial charge on any atom is -0.437 e. The minimum absolute atomic E-state index is 0.142. The number of nitrogen functional groups attached to an aromatic ring is 1. The molecule has 0 radical (unpaired) electrons. The molecule has 6 heteroatoms. The topological polar surface area (TPSA) is 84.8 Å². The molecule has 1 aromatic carbocycles. The molecule has 0 unspecified atom stereocenters. The number of rotatable bonds is 2. The van der Waals surface area contributed by atoms with Crippen molar-refractivity contribution < 1.29 is 4.74 Å². The highest BCUT2D eigenvalue weighted by Crippen LogP contribution is 2.28. The maximum atomic E-state index is 8.65. The molecule has 2 aromatic rings. The summed E-state index contributed by atoms with van der Waals surface area (Å²) in [4.78, 5) is 7.58. The quantitative estimate of drug-likeness (QED) is 0.823. The van der Waals surface area contributed by atoms with Crippen LogP contribution in [0, 0.1) is 11.3 Å². The summed E-state index contributed by atoms with van der Waals surface area (Å²) in [7, 11) is 0. The molecule has 0 fully saturated rings. The van der Waals surface area contributed by atoms with Crippen LogP contribution in [-0.4, -0.2) is 9.97 Å². The van der Waals surface area contributed by atoms with E-state index < -0.39 is 0 Å². The van der Waals surface area contributed by atoms with Gasteiger partial charge < -0.3 is 10.5 Å². The molecule has 2 rings (SSSR count). The average Bonchev–Trinajstić information content (AvgIpc) is 2.36. The Hall–Kier alpha value is -2.32. The molecule has 2 N–H and O–H groups in total. The summed E-state index contributed by atoms with van der Waals surface area (Å²) in [5, 5.41) is 8.79. The van der Waals surface area contributed by atoms with Crippen molar-refractivity contribution in [1.82, 2.24) is 9.97 Å². The van der Waals surface area contributed by atoms with Crippen molar-refractivity contribution in [2.75, 3.05) is 5.73 Å². The fourth-order valence-electron chi connectivity index (χ4n) is 1.15. The Morgan fingerprint density at radius 3 is 2.59 bits per heavy atom. The Balaban J connectivity index is 2.26. The molecule has 1 heterocycles. The van der Waals surface area contributed by atoms with Crippen LogP contribution in [-0.2, 0) is 0 Å². The number of hydrogen-bond acceptors (Lipinski definition) is 5. The van der Waals surface area contributed by atoms with Gasteiger partial charge in [0.25, 0.3) is 0 Å². The zero-order chi connectivity index (χ0) is 12.3. The van der Waals surface area contributed by atoms with Crippen LogP contribution in [0.2, 0.25) is 5.15 Å². The number of anilines is 1. The summed E-state index contributed by atoms with van der Waals surface area (Å²) in [6, 6.07) is 8.57. The molecular weight excluding hydrogens is 240 g/mol. The van der Waals surface area contributed by atoms with Gasteiger partial charge >= 0.3 is 0 Å². The Morgan fingerprint density at radius 2 is 1.94 bits per heavy atom. The molecule has 0 bridgehead atoms. The number of nitrogens with two attached hydrogens (primary N) is 1. The van der Waals surface area contributed by atoms with Gasteiger partial charge in [-0.2, -0.15) is 10.2 Å². The first-order valence-corrected chi connectivity index (χ1v) is 5.02. The molecule has 84 valence electrons.